The second-order valence-electron chi connectivity index (χ2n) is 4.11. The number of aryl methyl sites for hydroxylation is 1. The van der Waals surface area contributed by atoms with E-state index in [2.05, 4.69) is 0 Å². The summed E-state index contributed by atoms with van der Waals surface area (Å²) in [6.45, 7) is 1.97. The van der Waals surface area contributed by atoms with Crippen LogP contribution >= 0.6 is 11.3 Å². The predicted octanol–water partition coefficient (Wildman–Crippen LogP) is 0.717. The van der Waals surface area contributed by atoms with Crippen LogP contribution in [0.3, 0.4) is 0 Å². The van der Waals surface area contributed by atoms with Gasteiger partial charge in [-0.25, -0.2) is 4.79 Å². The predicted molar refractivity (Wildman–Crippen MR) is 62.1 cm³/mol. The molecule has 1 unspecified atom stereocenters. The number of likely N-dealkylation sites (tertiary alicyclic amines) is 1. The van der Waals surface area contributed by atoms with Crippen LogP contribution in [0.1, 0.15) is 21.0 Å². The maximum absolute atomic E-state index is 12.1. The van der Waals surface area contributed by atoms with Crippen molar-refractivity contribution in [3.8, 4) is 0 Å². The number of aliphatic hydroxyl groups excluding tert-OH is 1. The lowest BCUT2D eigenvalue weighted by Crippen LogP contribution is -2.40. The van der Waals surface area contributed by atoms with E-state index in [-0.39, 0.29) is 18.9 Å². The van der Waals surface area contributed by atoms with Gasteiger partial charge in [0, 0.05) is 17.8 Å². The van der Waals surface area contributed by atoms with Crippen LogP contribution in [0, 0.1) is 6.92 Å². The topological polar surface area (TPSA) is 77.8 Å². The summed E-state index contributed by atoms with van der Waals surface area (Å²) in [5.74, 6) is -1.38. The molecule has 1 saturated heterocycles. The number of aliphatic carboxylic acids is 1. The molecule has 0 saturated carbocycles. The minimum atomic E-state index is -1.07. The van der Waals surface area contributed by atoms with E-state index in [0.29, 0.717) is 4.88 Å². The van der Waals surface area contributed by atoms with E-state index in [4.69, 9.17) is 5.11 Å². The summed E-state index contributed by atoms with van der Waals surface area (Å²) in [4.78, 5) is 25.8. The maximum Gasteiger partial charge on any atom is 0.326 e. The molecule has 0 aromatic carbocycles. The monoisotopic (exact) mass is 255 g/mol. The first kappa shape index (κ1) is 12.1. The van der Waals surface area contributed by atoms with Gasteiger partial charge < -0.3 is 15.1 Å². The molecule has 0 spiro atoms. The fourth-order valence-corrected chi connectivity index (χ4v) is 2.79. The van der Waals surface area contributed by atoms with Crippen molar-refractivity contribution < 1.29 is 19.8 Å². The second kappa shape index (κ2) is 4.46. The van der Waals surface area contributed by atoms with Crippen LogP contribution < -0.4 is 0 Å². The summed E-state index contributed by atoms with van der Waals surface area (Å²) in [5.41, 5.74) is 0. The number of carbonyl (C=O) groups excluding carboxylic acids is 1. The molecule has 0 radical (unpaired) electrons. The third-order valence-corrected chi connectivity index (χ3v) is 3.76. The Kier molecular flexibility index (Phi) is 3.17. The SMILES string of the molecule is Cc1ccc(C(=O)N2CC(O)C[C@H]2C(=O)O)s1. The molecular weight excluding hydrogens is 242 g/mol. The lowest BCUT2D eigenvalue weighted by atomic mass is 10.2. The third kappa shape index (κ3) is 2.32. The van der Waals surface area contributed by atoms with Crippen molar-refractivity contribution >= 4 is 23.2 Å². The largest absolute Gasteiger partial charge is 0.480 e. The molecule has 1 fully saturated rings. The number of rotatable bonds is 2. The molecule has 1 aliphatic rings. The van der Waals surface area contributed by atoms with E-state index in [1.54, 1.807) is 6.07 Å². The number of aliphatic hydroxyl groups is 1. The fourth-order valence-electron chi connectivity index (χ4n) is 1.96. The van der Waals surface area contributed by atoms with E-state index >= 15 is 0 Å². The van der Waals surface area contributed by atoms with Crippen molar-refractivity contribution in [3.63, 3.8) is 0 Å². The van der Waals surface area contributed by atoms with Crippen molar-refractivity contribution in [1.29, 1.82) is 0 Å². The summed E-state index contributed by atoms with van der Waals surface area (Å²) >= 11 is 1.33. The molecule has 1 aliphatic heterocycles. The van der Waals surface area contributed by atoms with Gasteiger partial charge in [0.15, 0.2) is 0 Å². The minimum absolute atomic E-state index is 0.0900. The van der Waals surface area contributed by atoms with Crippen molar-refractivity contribution in [1.82, 2.24) is 4.90 Å². The van der Waals surface area contributed by atoms with Gasteiger partial charge in [0.25, 0.3) is 5.91 Å². The molecule has 1 amide bonds. The van der Waals surface area contributed by atoms with Gasteiger partial charge in [-0.15, -0.1) is 11.3 Å². The number of nitrogens with zero attached hydrogens (tertiary/aromatic N) is 1. The number of carbonyl (C=O) groups is 2. The highest BCUT2D eigenvalue weighted by Gasteiger charge is 2.39. The number of β-amino-alcohol motifs (C(OH)–C–C–N with tert-alkyl or cyclic N) is 1. The van der Waals surface area contributed by atoms with Crippen molar-refractivity contribution in [2.75, 3.05) is 6.54 Å². The van der Waals surface area contributed by atoms with Gasteiger partial charge in [0.2, 0.25) is 0 Å². The van der Waals surface area contributed by atoms with Gasteiger partial charge in [-0.1, -0.05) is 0 Å². The van der Waals surface area contributed by atoms with E-state index in [9.17, 15) is 14.7 Å². The Bertz CT molecular complexity index is 456. The maximum atomic E-state index is 12.1. The van der Waals surface area contributed by atoms with Crippen molar-refractivity contribution in [2.45, 2.75) is 25.5 Å². The molecule has 0 aliphatic carbocycles. The Morgan fingerprint density at radius 1 is 1.47 bits per heavy atom. The third-order valence-electron chi connectivity index (χ3n) is 2.78. The van der Waals surface area contributed by atoms with Crippen molar-refractivity contribution in [2.24, 2.45) is 0 Å². The second-order valence-corrected chi connectivity index (χ2v) is 5.40. The minimum Gasteiger partial charge on any atom is -0.480 e. The molecule has 17 heavy (non-hydrogen) atoms. The zero-order chi connectivity index (χ0) is 12.6. The molecule has 0 bridgehead atoms. The van der Waals surface area contributed by atoms with Crippen LogP contribution in [-0.4, -0.2) is 45.7 Å². The lowest BCUT2D eigenvalue weighted by Gasteiger charge is -2.20. The zero-order valence-corrected chi connectivity index (χ0v) is 10.1. The Hall–Kier alpha value is -1.40. The molecule has 5 nitrogen and oxygen atoms in total. The molecule has 92 valence electrons. The number of hydrogen-bond donors (Lipinski definition) is 2. The highest BCUT2D eigenvalue weighted by molar-refractivity contribution is 7.13. The molecule has 1 aromatic rings. The van der Waals surface area contributed by atoms with Crippen LogP contribution in [0.15, 0.2) is 12.1 Å². The first-order valence-corrected chi connectivity index (χ1v) is 6.09. The molecule has 1 aromatic heterocycles. The highest BCUT2D eigenvalue weighted by atomic mass is 32.1. The summed E-state index contributed by atoms with van der Waals surface area (Å²) in [6.07, 6.45) is -0.646. The average molecular weight is 255 g/mol. The first-order valence-electron chi connectivity index (χ1n) is 5.27. The van der Waals surface area contributed by atoms with Gasteiger partial charge >= 0.3 is 5.97 Å². The molecule has 2 rings (SSSR count). The van der Waals surface area contributed by atoms with Crippen LogP contribution in [-0.2, 0) is 4.79 Å². The van der Waals surface area contributed by atoms with E-state index in [1.165, 1.54) is 16.2 Å². The zero-order valence-electron chi connectivity index (χ0n) is 9.29. The fraction of sp³-hybridized carbons (Fsp3) is 0.455. The molecule has 6 heteroatoms. The normalized spacial score (nSPS) is 24.0. The number of thiophene rings is 1. The van der Waals surface area contributed by atoms with Gasteiger partial charge in [-0.3, -0.25) is 4.79 Å². The Morgan fingerprint density at radius 3 is 2.71 bits per heavy atom. The molecular formula is C11H13NO4S. The summed E-state index contributed by atoms with van der Waals surface area (Å²) < 4.78 is 0. The number of amides is 1. The highest BCUT2D eigenvalue weighted by Crippen LogP contribution is 2.24. The van der Waals surface area contributed by atoms with Crippen LogP contribution in [0.25, 0.3) is 0 Å². The van der Waals surface area contributed by atoms with Gasteiger partial charge in [-0.05, 0) is 19.1 Å². The van der Waals surface area contributed by atoms with Crippen molar-refractivity contribution in [3.05, 3.63) is 21.9 Å². The van der Waals surface area contributed by atoms with Gasteiger partial charge in [-0.2, -0.15) is 0 Å². The van der Waals surface area contributed by atoms with Crippen LogP contribution in [0.5, 0.6) is 0 Å². The Morgan fingerprint density at radius 2 is 2.18 bits per heavy atom. The number of hydrogen-bond acceptors (Lipinski definition) is 4. The van der Waals surface area contributed by atoms with Crippen LogP contribution in [0.2, 0.25) is 0 Å². The Balaban J connectivity index is 2.21. The van der Waals surface area contributed by atoms with E-state index in [0.717, 1.165) is 4.88 Å². The van der Waals surface area contributed by atoms with Gasteiger partial charge in [0.1, 0.15) is 6.04 Å². The number of carboxylic acid groups (broad SMARTS) is 1. The first-order chi connectivity index (χ1) is 7.99. The standard InChI is InChI=1S/C11H13NO4S/c1-6-2-3-9(17-6)10(14)12-5-7(13)4-8(12)11(15)16/h2-3,7-8,13H,4-5H2,1H3,(H,15,16)/t7?,8-/m0/s1. The lowest BCUT2D eigenvalue weighted by molar-refractivity contribution is -0.141. The Labute approximate surface area is 102 Å². The van der Waals surface area contributed by atoms with E-state index in [1.807, 2.05) is 13.0 Å². The number of carboxylic acids is 1. The van der Waals surface area contributed by atoms with E-state index < -0.39 is 18.1 Å². The quantitative estimate of drug-likeness (QED) is 0.816. The molecule has 2 atom stereocenters. The summed E-state index contributed by atoms with van der Waals surface area (Å²) in [7, 11) is 0. The van der Waals surface area contributed by atoms with Crippen LogP contribution in [0.4, 0.5) is 0 Å². The average Bonchev–Trinajstić information content (AvgIpc) is 2.83. The molecule has 2 heterocycles. The summed E-state index contributed by atoms with van der Waals surface area (Å²) in [6, 6.07) is 2.59. The summed E-state index contributed by atoms with van der Waals surface area (Å²) in [5, 5.41) is 18.5. The smallest absolute Gasteiger partial charge is 0.326 e. The molecule has 2 N–H and O–H groups in total. The van der Waals surface area contributed by atoms with Gasteiger partial charge in [0.05, 0.1) is 11.0 Å².